The highest BCUT2D eigenvalue weighted by atomic mass is 15.1. The minimum atomic E-state index is 0.0891. The molecule has 1 aliphatic rings. The van der Waals surface area contributed by atoms with Gasteiger partial charge in [0.15, 0.2) is 11.7 Å². The molecule has 0 spiro atoms. The number of unbranched alkanes of at least 4 members (excludes halogenated alkanes) is 1. The van der Waals surface area contributed by atoms with Gasteiger partial charge in [-0.15, -0.1) is 0 Å². The standard InChI is InChI=1S/C25H36N/c1-8-11-12-20-13-14-22-21(16-20)23-19(5)15-18(4)17-26(23)25(7,10-3)24(22,6)9-2/h13-17H,8-12H2,1-7H3/q+1. The third kappa shape index (κ3) is 2.63. The number of nitrogens with zero attached hydrogens (tertiary/aromatic N) is 1. The Morgan fingerprint density at radius 2 is 1.69 bits per heavy atom. The van der Waals surface area contributed by atoms with Crippen molar-refractivity contribution in [1.29, 1.82) is 0 Å². The smallest absolute Gasteiger partial charge is 0.192 e. The summed E-state index contributed by atoms with van der Waals surface area (Å²) < 4.78 is 2.62. The summed E-state index contributed by atoms with van der Waals surface area (Å²) in [6.45, 7) is 16.4. The maximum Gasteiger partial charge on any atom is 0.216 e. The third-order valence-electron chi connectivity index (χ3n) is 7.26. The molecule has 2 heterocycles. The molecule has 1 aromatic heterocycles. The first-order valence-electron chi connectivity index (χ1n) is 10.5. The molecular formula is C25H36N+. The molecule has 26 heavy (non-hydrogen) atoms. The Labute approximate surface area is 160 Å². The van der Waals surface area contributed by atoms with E-state index in [1.807, 2.05) is 0 Å². The van der Waals surface area contributed by atoms with Gasteiger partial charge in [0.25, 0.3) is 0 Å². The van der Waals surface area contributed by atoms with Crippen molar-refractivity contribution in [3.8, 4) is 11.3 Å². The van der Waals surface area contributed by atoms with E-state index in [0.29, 0.717) is 0 Å². The van der Waals surface area contributed by atoms with Gasteiger partial charge in [-0.2, -0.15) is 4.57 Å². The molecule has 2 aromatic rings. The second-order valence-corrected chi connectivity index (χ2v) is 8.72. The molecule has 0 aliphatic carbocycles. The predicted molar refractivity (Wildman–Crippen MR) is 112 cm³/mol. The summed E-state index contributed by atoms with van der Waals surface area (Å²) in [5, 5.41) is 0. The lowest BCUT2D eigenvalue weighted by Gasteiger charge is -2.46. The topological polar surface area (TPSA) is 3.88 Å². The Balaban J connectivity index is 2.35. The maximum absolute atomic E-state index is 2.62. The van der Waals surface area contributed by atoms with E-state index < -0.39 is 0 Å². The van der Waals surface area contributed by atoms with Crippen LogP contribution in [0.15, 0.2) is 30.5 Å². The van der Waals surface area contributed by atoms with Gasteiger partial charge in [0.05, 0.1) is 11.0 Å². The number of aryl methyl sites for hydroxylation is 3. The van der Waals surface area contributed by atoms with E-state index in [9.17, 15) is 0 Å². The SMILES string of the molecule is CCCCc1ccc2c(c1)-c1c(C)cc(C)c[n+]1C(C)(CC)C2(C)CC. The number of hydrogen-bond acceptors (Lipinski definition) is 0. The number of hydrogen-bond donors (Lipinski definition) is 0. The average molecular weight is 351 g/mol. The second-order valence-electron chi connectivity index (χ2n) is 8.72. The molecule has 0 N–H and O–H groups in total. The fraction of sp³-hybridized carbons (Fsp3) is 0.560. The van der Waals surface area contributed by atoms with Gasteiger partial charge in [0.1, 0.15) is 0 Å². The molecule has 0 bridgehead atoms. The van der Waals surface area contributed by atoms with Crippen LogP contribution in [-0.2, 0) is 17.4 Å². The minimum absolute atomic E-state index is 0.0891. The Kier molecular flexibility index (Phi) is 5.03. The van der Waals surface area contributed by atoms with Crippen LogP contribution in [0.25, 0.3) is 11.3 Å². The van der Waals surface area contributed by atoms with Crippen molar-refractivity contribution in [3.63, 3.8) is 0 Å². The van der Waals surface area contributed by atoms with Crippen LogP contribution in [-0.4, -0.2) is 0 Å². The van der Waals surface area contributed by atoms with Crippen LogP contribution >= 0.6 is 0 Å². The van der Waals surface area contributed by atoms with Crippen LogP contribution in [0.5, 0.6) is 0 Å². The molecule has 140 valence electrons. The van der Waals surface area contributed by atoms with Crippen LogP contribution in [0, 0.1) is 13.8 Å². The molecule has 0 saturated heterocycles. The largest absolute Gasteiger partial charge is 0.216 e. The summed E-state index contributed by atoms with van der Waals surface area (Å²) in [6, 6.07) is 9.67. The molecular weight excluding hydrogens is 314 g/mol. The Bertz CT molecular complexity index is 819. The van der Waals surface area contributed by atoms with Crippen LogP contribution in [0.2, 0.25) is 0 Å². The van der Waals surface area contributed by atoms with Gasteiger partial charge >= 0.3 is 0 Å². The summed E-state index contributed by atoms with van der Waals surface area (Å²) in [5.74, 6) is 0. The van der Waals surface area contributed by atoms with Crippen molar-refractivity contribution < 1.29 is 4.57 Å². The van der Waals surface area contributed by atoms with Crippen LogP contribution in [0.3, 0.4) is 0 Å². The summed E-state index contributed by atoms with van der Waals surface area (Å²) >= 11 is 0. The number of benzene rings is 1. The second kappa shape index (κ2) is 6.83. The summed E-state index contributed by atoms with van der Waals surface area (Å²) in [7, 11) is 0. The van der Waals surface area contributed by atoms with Gasteiger partial charge in [0.2, 0.25) is 5.69 Å². The fourth-order valence-corrected chi connectivity index (χ4v) is 5.13. The maximum atomic E-state index is 2.62. The molecule has 3 rings (SSSR count). The normalized spacial score (nSPS) is 24.3. The monoisotopic (exact) mass is 350 g/mol. The molecule has 0 amide bonds. The lowest BCUT2D eigenvalue weighted by molar-refractivity contribution is -0.765. The number of aromatic nitrogens is 1. The fourth-order valence-electron chi connectivity index (χ4n) is 5.13. The predicted octanol–water partition coefficient (Wildman–Crippen LogP) is 6.41. The first-order valence-corrected chi connectivity index (χ1v) is 10.5. The lowest BCUT2D eigenvalue weighted by atomic mass is 9.60. The highest BCUT2D eigenvalue weighted by molar-refractivity contribution is 5.69. The molecule has 0 fully saturated rings. The molecule has 2 atom stereocenters. The molecule has 0 radical (unpaired) electrons. The quantitative estimate of drug-likeness (QED) is 0.549. The van der Waals surface area contributed by atoms with Gasteiger partial charge in [-0.1, -0.05) is 39.3 Å². The zero-order valence-electron chi connectivity index (χ0n) is 17.9. The summed E-state index contributed by atoms with van der Waals surface area (Å²) in [6.07, 6.45) is 8.38. The van der Waals surface area contributed by atoms with Gasteiger partial charge in [-0.3, -0.25) is 0 Å². The number of rotatable bonds is 5. The molecule has 2 unspecified atom stereocenters. The van der Waals surface area contributed by atoms with Crippen molar-refractivity contribution >= 4 is 0 Å². The van der Waals surface area contributed by atoms with E-state index >= 15 is 0 Å². The van der Waals surface area contributed by atoms with Crippen LogP contribution in [0.1, 0.15) is 82.6 Å². The van der Waals surface area contributed by atoms with Crippen molar-refractivity contribution in [2.75, 3.05) is 0 Å². The zero-order valence-corrected chi connectivity index (χ0v) is 17.9. The van der Waals surface area contributed by atoms with E-state index in [1.165, 1.54) is 52.8 Å². The highest BCUT2D eigenvalue weighted by Crippen LogP contribution is 2.50. The van der Waals surface area contributed by atoms with E-state index in [0.717, 1.165) is 12.8 Å². The highest BCUT2D eigenvalue weighted by Gasteiger charge is 2.56. The first kappa shape index (κ1) is 19.1. The Hall–Kier alpha value is -1.63. The van der Waals surface area contributed by atoms with Crippen LogP contribution in [0.4, 0.5) is 0 Å². The molecule has 1 nitrogen and oxygen atoms in total. The van der Waals surface area contributed by atoms with Gasteiger partial charge < -0.3 is 0 Å². The molecule has 0 saturated carbocycles. The summed E-state index contributed by atoms with van der Waals surface area (Å²) in [4.78, 5) is 0. The Morgan fingerprint density at radius 1 is 0.962 bits per heavy atom. The number of fused-ring (bicyclic) bond motifs is 3. The first-order chi connectivity index (χ1) is 12.3. The van der Waals surface area contributed by atoms with Crippen LogP contribution < -0.4 is 4.57 Å². The van der Waals surface area contributed by atoms with E-state index in [1.54, 1.807) is 0 Å². The third-order valence-corrected chi connectivity index (χ3v) is 7.26. The minimum Gasteiger partial charge on any atom is -0.192 e. The molecule has 1 heteroatoms. The Morgan fingerprint density at radius 3 is 2.31 bits per heavy atom. The zero-order chi connectivity index (χ0) is 19.1. The van der Waals surface area contributed by atoms with Gasteiger partial charge in [-0.25, -0.2) is 0 Å². The van der Waals surface area contributed by atoms with Crippen molar-refractivity contribution in [2.24, 2.45) is 0 Å². The summed E-state index contributed by atoms with van der Waals surface area (Å²) in [5.41, 5.74) is 8.90. The number of pyridine rings is 1. The van der Waals surface area contributed by atoms with Crippen molar-refractivity contribution in [3.05, 3.63) is 52.7 Å². The average Bonchev–Trinajstić information content (AvgIpc) is 2.63. The van der Waals surface area contributed by atoms with E-state index in [2.05, 4.69) is 83.5 Å². The van der Waals surface area contributed by atoms with Crippen molar-refractivity contribution in [1.82, 2.24) is 0 Å². The molecule has 1 aromatic carbocycles. The van der Waals surface area contributed by atoms with Gasteiger partial charge in [-0.05, 0) is 63.3 Å². The van der Waals surface area contributed by atoms with Crippen molar-refractivity contribution in [2.45, 2.75) is 91.5 Å². The lowest BCUT2D eigenvalue weighted by Crippen LogP contribution is -2.67. The van der Waals surface area contributed by atoms with Gasteiger partial charge in [0, 0.05) is 24.5 Å². The molecule has 1 aliphatic heterocycles. The van der Waals surface area contributed by atoms with E-state index in [-0.39, 0.29) is 11.0 Å². The van der Waals surface area contributed by atoms with E-state index in [4.69, 9.17) is 0 Å².